The highest BCUT2D eigenvalue weighted by molar-refractivity contribution is 5.88. The number of hydrogen-bond acceptors (Lipinski definition) is 7. The number of aromatic nitrogens is 3. The van der Waals surface area contributed by atoms with Crippen molar-refractivity contribution in [2.24, 2.45) is 0 Å². The van der Waals surface area contributed by atoms with Gasteiger partial charge < -0.3 is 19.4 Å². The van der Waals surface area contributed by atoms with Gasteiger partial charge in [-0.3, -0.25) is 5.32 Å². The van der Waals surface area contributed by atoms with Crippen LogP contribution in [0.25, 0.3) is 11.6 Å². The molecule has 3 aromatic rings. The molecule has 0 aliphatic carbocycles. The third-order valence-corrected chi connectivity index (χ3v) is 6.43. The molecule has 4 rings (SSSR count). The van der Waals surface area contributed by atoms with Crippen LogP contribution >= 0.6 is 0 Å². The number of halogens is 6. The molecule has 2 unspecified atom stereocenters. The summed E-state index contributed by atoms with van der Waals surface area (Å²) in [6.07, 6.45) is -13.7. The van der Waals surface area contributed by atoms with Crippen LogP contribution in [0.3, 0.4) is 0 Å². The first-order chi connectivity index (χ1) is 18.8. The molecule has 3 heterocycles. The van der Waals surface area contributed by atoms with Crippen molar-refractivity contribution in [3.8, 4) is 11.6 Å². The molecule has 2 aromatic heterocycles. The lowest BCUT2D eigenvalue weighted by atomic mass is 9.93. The van der Waals surface area contributed by atoms with Gasteiger partial charge in [0.2, 0.25) is 5.60 Å². The lowest BCUT2D eigenvalue weighted by Gasteiger charge is -2.32. The highest BCUT2D eigenvalue weighted by Gasteiger charge is 2.61. The van der Waals surface area contributed by atoms with E-state index >= 15 is 0 Å². The Morgan fingerprint density at radius 3 is 2.42 bits per heavy atom. The number of benzene rings is 1. The number of alkyl halides is 6. The molecule has 0 saturated carbocycles. The van der Waals surface area contributed by atoms with Gasteiger partial charge in [-0.05, 0) is 30.9 Å². The normalized spacial score (nSPS) is 20.5. The van der Waals surface area contributed by atoms with E-state index in [1.165, 1.54) is 0 Å². The quantitative estimate of drug-likeness (QED) is 0.297. The predicted molar refractivity (Wildman–Crippen MR) is 126 cm³/mol. The molecule has 0 saturated heterocycles. The molecule has 4 bridgehead atoms. The zero-order valence-corrected chi connectivity index (χ0v) is 20.7. The van der Waals surface area contributed by atoms with Crippen LogP contribution < -0.4 is 5.32 Å². The number of aliphatic hydroxyl groups excluding tert-OH is 1. The molecule has 3 N–H and O–H groups in total. The predicted octanol–water partition coefficient (Wildman–Crippen LogP) is 6.60. The highest BCUT2D eigenvalue weighted by atomic mass is 19.4. The van der Waals surface area contributed by atoms with Gasteiger partial charge in [-0.2, -0.15) is 26.3 Å². The van der Waals surface area contributed by atoms with Crippen LogP contribution in [0.15, 0.2) is 40.8 Å². The molecule has 1 amide bonds. The van der Waals surface area contributed by atoms with Crippen molar-refractivity contribution in [3.05, 3.63) is 59.1 Å². The number of anilines is 1. The first-order valence-corrected chi connectivity index (χ1v) is 12.2. The first-order valence-electron chi connectivity index (χ1n) is 12.2. The zero-order valence-electron chi connectivity index (χ0n) is 20.7. The van der Waals surface area contributed by atoms with Gasteiger partial charge in [0.05, 0.1) is 29.7 Å². The molecule has 216 valence electrons. The molecule has 40 heavy (non-hydrogen) atoms. The molecule has 0 fully saturated rings. The number of nitrogens with one attached hydrogen (secondary N) is 1. The smallest absolute Gasteiger partial charge is 0.426 e. The summed E-state index contributed by atoms with van der Waals surface area (Å²) in [7, 11) is 0. The number of fused-ring (bicyclic) bond motifs is 5. The third kappa shape index (κ3) is 6.20. The van der Waals surface area contributed by atoms with Crippen LogP contribution in [-0.4, -0.2) is 37.7 Å². The molecule has 0 radical (unpaired) electrons. The van der Waals surface area contributed by atoms with Crippen LogP contribution in [0.5, 0.6) is 0 Å². The third-order valence-electron chi connectivity index (χ3n) is 6.43. The summed E-state index contributed by atoms with van der Waals surface area (Å²) in [5.41, 5.74) is -6.37. The van der Waals surface area contributed by atoms with E-state index in [9.17, 15) is 41.4 Å². The fraction of sp³-hybridized carbons (Fsp3) is 0.440. The summed E-state index contributed by atoms with van der Waals surface area (Å²) < 4.78 is 96.6. The van der Waals surface area contributed by atoms with Crippen molar-refractivity contribution >= 4 is 11.8 Å². The van der Waals surface area contributed by atoms with Gasteiger partial charge in [-0.15, -0.1) is 10.2 Å². The van der Waals surface area contributed by atoms with Crippen LogP contribution in [0, 0.1) is 0 Å². The van der Waals surface area contributed by atoms with Gasteiger partial charge in [0, 0.05) is 0 Å². The Bertz CT molecular complexity index is 1330. The summed E-state index contributed by atoms with van der Waals surface area (Å²) in [6.45, 7) is -0.473. The van der Waals surface area contributed by atoms with Crippen LogP contribution in [0.1, 0.15) is 67.3 Å². The van der Waals surface area contributed by atoms with E-state index in [0.717, 1.165) is 0 Å². The number of amides is 1. The topological polar surface area (TPSA) is 131 Å². The molecular weight excluding hydrogens is 550 g/mol. The van der Waals surface area contributed by atoms with Crippen LogP contribution in [0.2, 0.25) is 0 Å². The number of carbonyl (C=O) groups is 1. The largest absolute Gasteiger partial charge is 0.465 e. The molecule has 0 spiro atoms. The molecule has 1 aliphatic rings. The molecule has 1 aliphatic heterocycles. The van der Waals surface area contributed by atoms with Crippen molar-refractivity contribution < 1.29 is 50.5 Å². The summed E-state index contributed by atoms with van der Waals surface area (Å²) >= 11 is 0. The van der Waals surface area contributed by atoms with Crippen molar-refractivity contribution in [1.82, 2.24) is 15.2 Å². The zero-order chi connectivity index (χ0) is 29.1. The Morgan fingerprint density at radius 2 is 1.77 bits per heavy atom. The summed E-state index contributed by atoms with van der Waals surface area (Å²) in [5, 5.41) is 28.6. The van der Waals surface area contributed by atoms with Gasteiger partial charge in [0.15, 0.2) is 5.69 Å². The van der Waals surface area contributed by atoms with E-state index in [2.05, 4.69) is 15.2 Å². The van der Waals surface area contributed by atoms with E-state index in [-0.39, 0.29) is 25.7 Å². The minimum absolute atomic E-state index is 0.0225. The first kappa shape index (κ1) is 29.3. The van der Waals surface area contributed by atoms with Crippen molar-refractivity contribution in [3.63, 3.8) is 0 Å². The van der Waals surface area contributed by atoms with Gasteiger partial charge in [0.25, 0.3) is 11.8 Å². The van der Waals surface area contributed by atoms with Crippen molar-refractivity contribution in [2.75, 3.05) is 5.32 Å². The number of carboxylic acid groups (broad SMARTS) is 1. The maximum atomic E-state index is 14.7. The van der Waals surface area contributed by atoms with Crippen molar-refractivity contribution in [1.29, 1.82) is 0 Å². The van der Waals surface area contributed by atoms with E-state index < -0.39 is 77.6 Å². The van der Waals surface area contributed by atoms with E-state index in [0.29, 0.717) is 18.1 Å². The number of hydrogen-bond donors (Lipinski definition) is 3. The highest BCUT2D eigenvalue weighted by Crippen LogP contribution is 2.47. The number of nitrogens with zero attached hydrogens (tertiary/aromatic N) is 3. The standard InChI is InChI=1S/C25H24F6N4O5/c26-24(27,28)15-12-16(32-22(37)38)19-20-34-35-21(40-20)23(25(29,30)31,39-13-14-8-4-3-5-9-14)11-7-2-1-6-10-17(36)18(15)33-19/h3-5,8-9,12,17,32,36H,1-2,6-7,10-11,13H2,(H,37,38). The Balaban J connectivity index is 1.90. The second-order valence-electron chi connectivity index (χ2n) is 9.23. The summed E-state index contributed by atoms with van der Waals surface area (Å²) in [6, 6.07) is 8.44. The second kappa shape index (κ2) is 11.4. The lowest BCUT2D eigenvalue weighted by molar-refractivity contribution is -0.300. The monoisotopic (exact) mass is 574 g/mol. The van der Waals surface area contributed by atoms with E-state index in [1.807, 2.05) is 0 Å². The van der Waals surface area contributed by atoms with Gasteiger partial charge in [-0.25, -0.2) is 9.78 Å². The van der Waals surface area contributed by atoms with Crippen LogP contribution in [0.4, 0.5) is 36.8 Å². The average molecular weight is 574 g/mol. The fourth-order valence-electron chi connectivity index (χ4n) is 4.43. The maximum absolute atomic E-state index is 14.7. The average Bonchev–Trinajstić information content (AvgIpc) is 3.36. The fourth-order valence-corrected chi connectivity index (χ4v) is 4.43. The minimum Gasteiger partial charge on any atom is -0.465 e. The number of aliphatic hydroxyl groups is 1. The lowest BCUT2D eigenvalue weighted by Crippen LogP contribution is -2.45. The van der Waals surface area contributed by atoms with Gasteiger partial charge >= 0.3 is 18.4 Å². The molecule has 15 heteroatoms. The Labute approximate surface area is 223 Å². The summed E-state index contributed by atoms with van der Waals surface area (Å²) in [5.74, 6) is -1.82. The Hall–Kier alpha value is -3.72. The van der Waals surface area contributed by atoms with Gasteiger partial charge in [0.1, 0.15) is 0 Å². The van der Waals surface area contributed by atoms with Crippen LogP contribution in [-0.2, 0) is 23.1 Å². The molecule has 2 atom stereocenters. The van der Waals surface area contributed by atoms with E-state index in [1.54, 1.807) is 35.6 Å². The SMILES string of the molecule is O=C(O)Nc1cc(C(F)(F)F)c2nc1-c1nnc(o1)C(OCc1ccccc1)(C(F)(F)F)CCCCCCC2O. The molecular formula is C25H24F6N4O5. The maximum Gasteiger partial charge on any atom is 0.426 e. The Kier molecular flexibility index (Phi) is 8.35. The Morgan fingerprint density at radius 1 is 1.07 bits per heavy atom. The molecule has 1 aromatic carbocycles. The van der Waals surface area contributed by atoms with Gasteiger partial charge in [-0.1, -0.05) is 49.6 Å². The number of ether oxygens (including phenoxy) is 1. The summed E-state index contributed by atoms with van der Waals surface area (Å²) in [4.78, 5) is 15.1. The van der Waals surface area contributed by atoms with E-state index in [4.69, 9.17) is 9.15 Å². The number of pyridine rings is 1. The number of rotatable bonds is 4. The van der Waals surface area contributed by atoms with Crippen molar-refractivity contribution in [2.45, 2.75) is 69.2 Å². The second-order valence-corrected chi connectivity index (χ2v) is 9.23. The minimum atomic E-state index is -5.06. The molecule has 9 nitrogen and oxygen atoms in total.